The van der Waals surface area contributed by atoms with Crippen LogP contribution >= 0.6 is 12.6 Å². The molecule has 0 amide bonds. The van der Waals surface area contributed by atoms with Crippen molar-refractivity contribution in [3.63, 3.8) is 0 Å². The summed E-state index contributed by atoms with van der Waals surface area (Å²) in [5, 5.41) is 3.65. The molecule has 0 unspecified atom stereocenters. The highest BCUT2D eigenvalue weighted by molar-refractivity contribution is 7.81. The van der Waals surface area contributed by atoms with E-state index in [1.165, 1.54) is 0 Å². The molecule has 0 radical (unpaired) electrons. The van der Waals surface area contributed by atoms with E-state index in [0.717, 1.165) is 13.0 Å². The lowest BCUT2D eigenvalue weighted by molar-refractivity contribution is 0.119. The van der Waals surface area contributed by atoms with E-state index in [1.807, 2.05) is 0 Å². The molecule has 0 aromatic rings. The van der Waals surface area contributed by atoms with Crippen LogP contribution in [0, 0.1) is 0 Å². The summed E-state index contributed by atoms with van der Waals surface area (Å²) in [6.07, 6.45) is 0.980. The number of thiol groups is 1. The zero-order chi connectivity index (χ0) is 7.40. The van der Waals surface area contributed by atoms with Gasteiger partial charge in [-0.2, -0.15) is 12.6 Å². The van der Waals surface area contributed by atoms with Gasteiger partial charge in [-0.05, 0) is 12.0 Å². The van der Waals surface area contributed by atoms with E-state index in [2.05, 4.69) is 22.7 Å². The number of rotatable bonds is 2. The van der Waals surface area contributed by atoms with Crippen LogP contribution in [-0.2, 0) is 4.74 Å². The van der Waals surface area contributed by atoms with Gasteiger partial charge in [0.15, 0.2) is 0 Å². The quantitative estimate of drug-likeness (QED) is 0.281. The second-order valence-electron chi connectivity index (χ2n) is 2.18. The van der Waals surface area contributed by atoms with Crippen molar-refractivity contribution in [3.8, 4) is 0 Å². The minimum Gasteiger partial charge on any atom is -0.377 e. The van der Waals surface area contributed by atoms with E-state index in [0.29, 0.717) is 6.54 Å². The largest absolute Gasteiger partial charge is 0.377 e. The normalized spacial score (nSPS) is 31.7. The topological polar surface area (TPSA) is 58.0 Å². The first-order chi connectivity index (χ1) is 4.84. The average molecular weight is 159 g/mol. The van der Waals surface area contributed by atoms with Gasteiger partial charge in [0.25, 0.3) is 0 Å². The fourth-order valence-corrected chi connectivity index (χ4v) is 1.21. The van der Waals surface area contributed by atoms with Crippen molar-refractivity contribution in [2.24, 2.45) is 5.11 Å². The zero-order valence-corrected chi connectivity index (χ0v) is 6.37. The Hall–Kier alpha value is -0.380. The van der Waals surface area contributed by atoms with Crippen molar-refractivity contribution in [1.82, 2.24) is 0 Å². The molecule has 0 aromatic carbocycles. The van der Waals surface area contributed by atoms with Gasteiger partial charge in [-0.25, -0.2) is 0 Å². The molecule has 0 aliphatic carbocycles. The molecule has 4 nitrogen and oxygen atoms in total. The first-order valence-corrected chi connectivity index (χ1v) is 3.67. The van der Waals surface area contributed by atoms with Crippen molar-refractivity contribution in [2.45, 2.75) is 17.8 Å². The molecular weight excluding hydrogens is 150 g/mol. The van der Waals surface area contributed by atoms with E-state index in [1.54, 1.807) is 0 Å². The summed E-state index contributed by atoms with van der Waals surface area (Å²) in [4.78, 5) is 2.64. The minimum absolute atomic E-state index is 0.0271. The highest BCUT2D eigenvalue weighted by Gasteiger charge is 2.23. The van der Waals surface area contributed by atoms with Crippen LogP contribution in [-0.4, -0.2) is 24.5 Å². The highest BCUT2D eigenvalue weighted by atomic mass is 32.1. The van der Waals surface area contributed by atoms with Crippen LogP contribution in [0.25, 0.3) is 10.4 Å². The van der Waals surface area contributed by atoms with Gasteiger partial charge in [-0.3, -0.25) is 0 Å². The Labute approximate surface area is 64.6 Å². The SMILES string of the molecule is [N-]=[N+]=NC[C@@H]1OCC[C@@H]1S. The Balaban J connectivity index is 2.32. The summed E-state index contributed by atoms with van der Waals surface area (Å²) < 4.78 is 5.23. The van der Waals surface area contributed by atoms with E-state index < -0.39 is 0 Å². The fourth-order valence-electron chi connectivity index (χ4n) is 0.928. The van der Waals surface area contributed by atoms with E-state index >= 15 is 0 Å². The summed E-state index contributed by atoms with van der Waals surface area (Å²) in [6.45, 7) is 1.14. The number of ether oxygens (including phenoxy) is 1. The van der Waals surface area contributed by atoms with Crippen molar-refractivity contribution in [1.29, 1.82) is 0 Å². The molecule has 2 atom stereocenters. The second-order valence-corrected chi connectivity index (χ2v) is 2.84. The molecule has 1 fully saturated rings. The van der Waals surface area contributed by atoms with Gasteiger partial charge in [-0.15, -0.1) is 0 Å². The first kappa shape index (κ1) is 7.72. The van der Waals surface area contributed by atoms with Gasteiger partial charge in [0, 0.05) is 16.8 Å². The smallest absolute Gasteiger partial charge is 0.0748 e. The lowest BCUT2D eigenvalue weighted by Crippen LogP contribution is -2.18. The molecule has 0 saturated carbocycles. The summed E-state index contributed by atoms with van der Waals surface area (Å²) in [7, 11) is 0. The third kappa shape index (κ3) is 1.80. The minimum atomic E-state index is 0.0271. The lowest BCUT2D eigenvalue weighted by Gasteiger charge is -2.08. The van der Waals surface area contributed by atoms with Crippen LogP contribution in [0.5, 0.6) is 0 Å². The first-order valence-electron chi connectivity index (χ1n) is 3.15. The molecule has 0 aromatic heterocycles. The third-order valence-electron chi connectivity index (χ3n) is 1.50. The van der Waals surface area contributed by atoms with E-state index in [-0.39, 0.29) is 11.4 Å². The van der Waals surface area contributed by atoms with E-state index in [9.17, 15) is 0 Å². The highest BCUT2D eigenvalue weighted by Crippen LogP contribution is 2.18. The Morgan fingerprint density at radius 3 is 3.10 bits per heavy atom. The maximum atomic E-state index is 7.99. The standard InChI is InChI=1S/C5H9N3OS/c6-8-7-3-4-5(10)1-2-9-4/h4-5,10H,1-3H2/t4-,5-/m0/s1. The number of azide groups is 1. The number of nitrogens with zero attached hydrogens (tertiary/aromatic N) is 3. The second kappa shape index (κ2) is 3.71. The van der Waals surface area contributed by atoms with Crippen molar-refractivity contribution in [2.75, 3.05) is 13.2 Å². The summed E-state index contributed by atoms with van der Waals surface area (Å²) in [5.41, 5.74) is 7.99. The monoisotopic (exact) mass is 159 g/mol. The molecule has 10 heavy (non-hydrogen) atoms. The van der Waals surface area contributed by atoms with Crippen molar-refractivity contribution >= 4 is 12.6 Å². The number of hydrogen-bond donors (Lipinski definition) is 1. The molecule has 1 aliphatic heterocycles. The third-order valence-corrected chi connectivity index (χ3v) is 2.09. The summed E-state index contributed by atoms with van der Waals surface area (Å²) in [5.74, 6) is 0. The molecule has 5 heteroatoms. The fraction of sp³-hybridized carbons (Fsp3) is 1.00. The Morgan fingerprint density at radius 2 is 2.60 bits per heavy atom. The molecular formula is C5H9N3OS. The molecule has 1 heterocycles. The molecule has 1 aliphatic rings. The van der Waals surface area contributed by atoms with E-state index in [4.69, 9.17) is 10.3 Å². The Kier molecular flexibility index (Phi) is 2.86. The maximum absolute atomic E-state index is 7.99. The van der Waals surface area contributed by atoms with Gasteiger partial charge in [0.1, 0.15) is 0 Å². The predicted molar refractivity (Wildman–Crippen MR) is 41.1 cm³/mol. The summed E-state index contributed by atoms with van der Waals surface area (Å²) >= 11 is 4.25. The van der Waals surface area contributed by atoms with Crippen LogP contribution < -0.4 is 0 Å². The Bertz CT molecular complexity index is 157. The zero-order valence-electron chi connectivity index (χ0n) is 5.47. The molecule has 0 N–H and O–H groups in total. The summed E-state index contributed by atoms with van der Waals surface area (Å²) in [6, 6.07) is 0. The molecule has 0 spiro atoms. The molecule has 56 valence electrons. The number of hydrogen-bond acceptors (Lipinski definition) is 3. The molecule has 1 saturated heterocycles. The van der Waals surface area contributed by atoms with Crippen LogP contribution in [0.4, 0.5) is 0 Å². The van der Waals surface area contributed by atoms with Crippen molar-refractivity contribution in [3.05, 3.63) is 10.4 Å². The Morgan fingerprint density at radius 1 is 1.80 bits per heavy atom. The van der Waals surface area contributed by atoms with Crippen LogP contribution in [0.2, 0.25) is 0 Å². The van der Waals surface area contributed by atoms with Gasteiger partial charge >= 0.3 is 0 Å². The van der Waals surface area contributed by atoms with Crippen LogP contribution in [0.15, 0.2) is 5.11 Å². The van der Waals surface area contributed by atoms with Gasteiger partial charge < -0.3 is 4.74 Å². The van der Waals surface area contributed by atoms with Gasteiger partial charge in [0.05, 0.1) is 12.6 Å². The lowest BCUT2D eigenvalue weighted by atomic mass is 10.2. The predicted octanol–water partition coefficient (Wildman–Crippen LogP) is 1.38. The average Bonchev–Trinajstić information content (AvgIpc) is 2.31. The van der Waals surface area contributed by atoms with Crippen molar-refractivity contribution < 1.29 is 4.74 Å². The molecule has 0 bridgehead atoms. The maximum Gasteiger partial charge on any atom is 0.0748 e. The molecule has 1 rings (SSSR count). The van der Waals surface area contributed by atoms with Gasteiger partial charge in [0.2, 0.25) is 0 Å². The van der Waals surface area contributed by atoms with Crippen LogP contribution in [0.1, 0.15) is 6.42 Å². The van der Waals surface area contributed by atoms with Crippen LogP contribution in [0.3, 0.4) is 0 Å². The van der Waals surface area contributed by atoms with Gasteiger partial charge in [-0.1, -0.05) is 5.11 Å².